The number of para-hydroxylation sites is 5. The van der Waals surface area contributed by atoms with E-state index in [0.717, 1.165) is 89.5 Å². The standard InChI is InChI=1S/2C42H33NOS.C36H29NO/c1-41(2)33-18-10-8-16-31(33)38-34(42(41,3)4)23-22-30-29-17-12-19-35(39(29)44-40(30)38)43(26-13-6-5-7-14-26)27-21-24-37-32(25-27)28-15-9-11-20-36(28)45-37;1-41(2)33-16-10-8-15-30(33)39-34(42(41,3)4)20-22-36-40(39)32-25-27(18-21-35(32)44-36)43(26-12-6-5-7-13-26)28-19-23-38-31(24-28)29-14-9-11-17-37(29)45-38;1-35(2)28-14-8-5-11-23(28)26-18-20-32-33(34(26)36(35,3)4)27-21-22(17-19-31(27)38-32)37-29-15-9-6-12-24(29)25-13-7-10-16-30(25)37/h2*5-25H,1-4H3;5-21H,1-4H3. The van der Waals surface area contributed by atoms with Gasteiger partial charge in [-0.25, -0.2) is 0 Å². The van der Waals surface area contributed by atoms with Gasteiger partial charge in [-0.05, 0) is 228 Å². The molecule has 26 rings (SSSR count). The Morgan fingerprint density at radius 3 is 1.24 bits per heavy atom. The molecule has 0 radical (unpaired) electrons. The molecule has 620 valence electrons. The van der Waals surface area contributed by atoms with Gasteiger partial charge >= 0.3 is 0 Å². The Labute approximate surface area is 752 Å². The van der Waals surface area contributed by atoms with E-state index in [9.17, 15) is 0 Å². The molecule has 0 N–H and O–H groups in total. The summed E-state index contributed by atoms with van der Waals surface area (Å²) in [7, 11) is 0. The molecule has 17 aromatic carbocycles. The molecule has 0 unspecified atom stereocenters. The van der Waals surface area contributed by atoms with Gasteiger partial charge in [0, 0.05) is 129 Å². The van der Waals surface area contributed by atoms with Gasteiger partial charge in [-0.1, -0.05) is 301 Å². The molecule has 3 aliphatic carbocycles. The lowest BCUT2D eigenvalue weighted by molar-refractivity contribution is 0.299. The van der Waals surface area contributed by atoms with E-state index in [1.54, 1.807) is 0 Å². The van der Waals surface area contributed by atoms with Gasteiger partial charge in [-0.3, -0.25) is 0 Å². The summed E-state index contributed by atoms with van der Waals surface area (Å²) < 4.78 is 27.8. The van der Waals surface area contributed by atoms with E-state index >= 15 is 0 Å². The largest absolute Gasteiger partial charge is 0.456 e. The zero-order chi connectivity index (χ0) is 86.8. The number of hydrogen-bond acceptors (Lipinski definition) is 7. The van der Waals surface area contributed by atoms with Gasteiger partial charge in [-0.15, -0.1) is 22.7 Å². The van der Waals surface area contributed by atoms with Gasteiger partial charge in [0.25, 0.3) is 0 Å². The minimum absolute atomic E-state index is 0.0243. The summed E-state index contributed by atoms with van der Waals surface area (Å²) in [5.74, 6) is 0. The van der Waals surface area contributed by atoms with Crippen LogP contribution in [0.4, 0.5) is 34.1 Å². The predicted octanol–water partition coefficient (Wildman–Crippen LogP) is 35.2. The number of hydrogen-bond donors (Lipinski definition) is 0. The van der Waals surface area contributed by atoms with E-state index in [2.05, 4.69) is 455 Å². The molecule has 128 heavy (non-hydrogen) atoms. The summed E-state index contributed by atoms with van der Waals surface area (Å²) >= 11 is 3.70. The molecular formula is C120H95N3O3S2. The molecule has 0 saturated carbocycles. The van der Waals surface area contributed by atoms with Gasteiger partial charge in [0.05, 0.1) is 16.7 Å². The predicted molar refractivity (Wildman–Crippen MR) is 545 cm³/mol. The average Bonchev–Trinajstić information content (AvgIpc) is 1.37. The molecule has 6 heterocycles. The van der Waals surface area contributed by atoms with E-state index in [1.807, 2.05) is 22.7 Å². The summed E-state index contributed by atoms with van der Waals surface area (Å²) in [5.41, 5.74) is 31.5. The number of anilines is 6. The summed E-state index contributed by atoms with van der Waals surface area (Å²) in [6.07, 6.45) is 0. The highest BCUT2D eigenvalue weighted by molar-refractivity contribution is 7.26. The molecular weight excluding hydrogens is 1600 g/mol. The molecule has 0 saturated heterocycles. The number of benzene rings is 17. The van der Waals surface area contributed by atoms with Crippen molar-refractivity contribution in [2.75, 3.05) is 9.80 Å². The molecule has 0 spiro atoms. The van der Waals surface area contributed by atoms with Crippen molar-refractivity contribution in [2.24, 2.45) is 0 Å². The molecule has 8 heteroatoms. The van der Waals surface area contributed by atoms with Crippen molar-refractivity contribution in [1.82, 2.24) is 4.57 Å². The Hall–Kier alpha value is -14.0. The number of fused-ring (bicyclic) bond motifs is 30. The van der Waals surface area contributed by atoms with Crippen LogP contribution < -0.4 is 9.80 Å². The first kappa shape index (κ1) is 77.5. The van der Waals surface area contributed by atoms with Crippen molar-refractivity contribution in [3.8, 4) is 39.1 Å². The second-order valence-corrected chi connectivity index (χ2v) is 40.7. The van der Waals surface area contributed by atoms with Crippen LogP contribution in [0.1, 0.15) is 116 Å². The van der Waals surface area contributed by atoms with Crippen LogP contribution in [0, 0.1) is 0 Å². The summed E-state index contributed by atoms with van der Waals surface area (Å²) in [4.78, 5) is 4.73. The van der Waals surface area contributed by atoms with Crippen LogP contribution in [0.5, 0.6) is 0 Å². The SMILES string of the molecule is CC1(C)c2ccccc2-c2c(ccc3c2oc2c(N(c4ccccc4)c4ccc5sc6ccccc6c5c4)cccc23)C1(C)C.CC1(C)c2ccccc2-c2c(ccc3oc4ccc(N(c5ccccc5)c5ccc6sc7ccccc7c6c5)cc4c23)C1(C)C.CC1(C)c2ccccc2-c2ccc3oc4ccc(-n5c6ccccc6c6ccccc65)cc4c3c2C1(C)C. The number of nitrogens with zero attached hydrogens (tertiary/aromatic N) is 3. The fourth-order valence-corrected chi connectivity index (χ4v) is 24.3. The van der Waals surface area contributed by atoms with E-state index in [1.165, 1.54) is 145 Å². The van der Waals surface area contributed by atoms with Gasteiger partial charge in [0.1, 0.15) is 27.9 Å². The van der Waals surface area contributed by atoms with Crippen molar-refractivity contribution in [3.05, 3.63) is 391 Å². The lowest BCUT2D eigenvalue weighted by Gasteiger charge is -2.48. The number of thiophene rings is 2. The second-order valence-electron chi connectivity index (χ2n) is 38.6. The van der Waals surface area contributed by atoms with Crippen molar-refractivity contribution in [3.63, 3.8) is 0 Å². The Morgan fingerprint density at radius 2 is 0.641 bits per heavy atom. The number of furan rings is 3. The first-order chi connectivity index (χ1) is 62.0. The maximum atomic E-state index is 7.13. The third kappa shape index (κ3) is 11.2. The van der Waals surface area contributed by atoms with E-state index in [4.69, 9.17) is 13.3 Å². The Morgan fingerprint density at radius 1 is 0.234 bits per heavy atom. The van der Waals surface area contributed by atoms with E-state index in [-0.39, 0.29) is 32.5 Å². The van der Waals surface area contributed by atoms with Crippen LogP contribution in [0.15, 0.2) is 371 Å². The fourth-order valence-electron chi connectivity index (χ4n) is 22.2. The lowest BCUT2D eigenvalue weighted by Crippen LogP contribution is -2.43. The highest BCUT2D eigenvalue weighted by Gasteiger charge is 2.50. The van der Waals surface area contributed by atoms with Gasteiger partial charge in [-0.2, -0.15) is 0 Å². The van der Waals surface area contributed by atoms with Crippen molar-refractivity contribution in [1.29, 1.82) is 0 Å². The second kappa shape index (κ2) is 28.2. The van der Waals surface area contributed by atoms with E-state index in [0.29, 0.717) is 0 Å². The fraction of sp³-hybridized carbons (Fsp3) is 0.150. The first-order valence-corrected chi connectivity index (χ1v) is 46.5. The van der Waals surface area contributed by atoms with Crippen LogP contribution >= 0.6 is 22.7 Å². The Balaban J connectivity index is 0.000000107. The monoisotopic (exact) mass is 1690 g/mol. The van der Waals surface area contributed by atoms with Crippen LogP contribution in [-0.2, 0) is 32.5 Å². The Kier molecular flexibility index (Phi) is 17.1. The van der Waals surface area contributed by atoms with Crippen molar-refractivity contribution in [2.45, 2.75) is 116 Å². The topological polar surface area (TPSA) is 50.8 Å². The number of rotatable bonds is 7. The molecule has 23 aromatic rings. The maximum Gasteiger partial charge on any atom is 0.159 e. The first-order valence-electron chi connectivity index (χ1n) is 44.8. The van der Waals surface area contributed by atoms with Crippen LogP contribution in [0.3, 0.4) is 0 Å². The molecule has 3 aliphatic rings. The highest BCUT2D eigenvalue weighted by atomic mass is 32.1. The molecule has 6 aromatic heterocycles. The van der Waals surface area contributed by atoms with Gasteiger partial charge in [0.15, 0.2) is 5.58 Å². The molecule has 0 amide bonds. The normalized spacial score (nSPS) is 15.2. The smallest absolute Gasteiger partial charge is 0.159 e. The van der Waals surface area contributed by atoms with Gasteiger partial charge < -0.3 is 27.6 Å². The van der Waals surface area contributed by atoms with Crippen LogP contribution in [0.2, 0.25) is 0 Å². The third-order valence-electron chi connectivity index (χ3n) is 30.8. The third-order valence-corrected chi connectivity index (χ3v) is 33.1. The molecule has 0 aliphatic heterocycles. The van der Waals surface area contributed by atoms with Crippen molar-refractivity contribution >= 4 is 185 Å². The zero-order valence-corrected chi connectivity index (χ0v) is 75.6. The zero-order valence-electron chi connectivity index (χ0n) is 73.9. The van der Waals surface area contributed by atoms with Crippen molar-refractivity contribution < 1.29 is 13.3 Å². The van der Waals surface area contributed by atoms with Gasteiger partial charge in [0.2, 0.25) is 0 Å². The van der Waals surface area contributed by atoms with E-state index < -0.39 is 0 Å². The molecule has 0 bridgehead atoms. The quantitative estimate of drug-likeness (QED) is 0.159. The maximum absolute atomic E-state index is 7.13. The highest BCUT2D eigenvalue weighted by Crippen LogP contribution is 2.61. The lowest BCUT2D eigenvalue weighted by atomic mass is 9.55. The minimum atomic E-state index is -0.101. The minimum Gasteiger partial charge on any atom is -0.456 e. The molecule has 0 atom stereocenters. The van der Waals surface area contributed by atoms with Crippen LogP contribution in [0.25, 0.3) is 167 Å². The van der Waals surface area contributed by atoms with Crippen LogP contribution in [-0.4, -0.2) is 4.57 Å². The average molecular weight is 1690 g/mol. The number of aromatic nitrogens is 1. The summed E-state index contributed by atoms with van der Waals surface area (Å²) in [5, 5.41) is 14.8. The summed E-state index contributed by atoms with van der Waals surface area (Å²) in [6, 6.07) is 130. The molecule has 0 fully saturated rings. The Bertz CT molecular complexity index is 8490. The summed E-state index contributed by atoms with van der Waals surface area (Å²) in [6.45, 7) is 28.6. The molecule has 6 nitrogen and oxygen atoms in total.